The maximum absolute atomic E-state index is 11.2. The second kappa shape index (κ2) is 7.43. The molecule has 3 rings (SSSR count). The van der Waals surface area contributed by atoms with Crippen LogP contribution in [0.15, 0.2) is 18.2 Å². The SMILES string of the molecule is COc1ccc(C(CC(=O)O)C2CC2)cc1OC1CCCN(C)C1. The molecule has 1 saturated heterocycles. The molecule has 1 saturated carbocycles. The second-order valence-electron chi connectivity index (χ2n) is 7.10. The number of carboxylic acid groups (broad SMARTS) is 1. The summed E-state index contributed by atoms with van der Waals surface area (Å²) in [5.74, 6) is 1.29. The van der Waals surface area contributed by atoms with Crippen LogP contribution in [0.1, 0.15) is 43.6 Å². The number of hydrogen-bond acceptors (Lipinski definition) is 4. The summed E-state index contributed by atoms with van der Waals surface area (Å²) in [5, 5.41) is 9.22. The number of piperidine rings is 1. The van der Waals surface area contributed by atoms with Gasteiger partial charge in [0.05, 0.1) is 13.5 Å². The van der Waals surface area contributed by atoms with Crippen LogP contribution in [0.4, 0.5) is 0 Å². The Morgan fingerprint density at radius 2 is 2.12 bits per heavy atom. The lowest BCUT2D eigenvalue weighted by Crippen LogP contribution is -2.38. The van der Waals surface area contributed by atoms with E-state index in [-0.39, 0.29) is 18.4 Å². The van der Waals surface area contributed by atoms with E-state index < -0.39 is 5.97 Å². The first-order valence-corrected chi connectivity index (χ1v) is 8.81. The Kier molecular flexibility index (Phi) is 5.29. The van der Waals surface area contributed by atoms with E-state index in [9.17, 15) is 9.90 Å². The number of ether oxygens (including phenoxy) is 2. The quantitative estimate of drug-likeness (QED) is 0.831. The van der Waals surface area contributed by atoms with Crippen LogP contribution < -0.4 is 9.47 Å². The van der Waals surface area contributed by atoms with Gasteiger partial charge in [0.2, 0.25) is 0 Å². The van der Waals surface area contributed by atoms with Crippen LogP contribution in [0.5, 0.6) is 11.5 Å². The summed E-state index contributed by atoms with van der Waals surface area (Å²) in [5.41, 5.74) is 1.06. The molecule has 5 nitrogen and oxygen atoms in total. The number of nitrogens with zero attached hydrogens (tertiary/aromatic N) is 1. The standard InChI is InChI=1S/C19H27NO4/c1-20-9-3-4-15(12-20)24-18-10-14(7-8-17(18)23-2)16(11-19(21)22)13-5-6-13/h7-8,10,13,15-16H,3-6,9,11-12H2,1-2H3,(H,21,22). The molecule has 132 valence electrons. The van der Waals surface area contributed by atoms with Gasteiger partial charge in [-0.25, -0.2) is 0 Å². The molecule has 1 aliphatic heterocycles. The average Bonchev–Trinajstić information content (AvgIpc) is 3.37. The number of carbonyl (C=O) groups is 1. The average molecular weight is 333 g/mol. The predicted octanol–water partition coefficient (Wildman–Crippen LogP) is 3.14. The Morgan fingerprint density at radius 3 is 2.75 bits per heavy atom. The van der Waals surface area contributed by atoms with Crippen molar-refractivity contribution in [2.75, 3.05) is 27.2 Å². The molecule has 1 N–H and O–H groups in total. The van der Waals surface area contributed by atoms with Gasteiger partial charge in [-0.3, -0.25) is 4.79 Å². The fraction of sp³-hybridized carbons (Fsp3) is 0.632. The van der Waals surface area contributed by atoms with Crippen LogP contribution >= 0.6 is 0 Å². The van der Waals surface area contributed by atoms with Gasteiger partial charge in [-0.1, -0.05) is 6.07 Å². The lowest BCUT2D eigenvalue weighted by atomic mass is 9.91. The summed E-state index contributed by atoms with van der Waals surface area (Å²) in [7, 11) is 3.75. The Bertz CT molecular complexity index is 585. The van der Waals surface area contributed by atoms with Gasteiger partial charge in [-0.05, 0) is 68.8 Å². The molecule has 0 aromatic heterocycles. The van der Waals surface area contributed by atoms with E-state index in [1.165, 1.54) is 0 Å². The lowest BCUT2D eigenvalue weighted by molar-refractivity contribution is -0.137. The van der Waals surface area contributed by atoms with E-state index in [1.807, 2.05) is 18.2 Å². The molecule has 2 atom stereocenters. The third-order valence-corrected chi connectivity index (χ3v) is 5.08. The maximum atomic E-state index is 11.2. The van der Waals surface area contributed by atoms with Gasteiger partial charge in [0.1, 0.15) is 6.10 Å². The minimum Gasteiger partial charge on any atom is -0.493 e. The minimum atomic E-state index is -0.737. The molecule has 0 amide bonds. The van der Waals surface area contributed by atoms with Gasteiger partial charge >= 0.3 is 5.97 Å². The van der Waals surface area contributed by atoms with Crippen molar-refractivity contribution in [1.82, 2.24) is 4.90 Å². The highest BCUT2D eigenvalue weighted by Crippen LogP contribution is 2.46. The number of benzene rings is 1. The minimum absolute atomic E-state index is 0.0739. The predicted molar refractivity (Wildman–Crippen MR) is 91.9 cm³/mol. The van der Waals surface area contributed by atoms with Crippen molar-refractivity contribution < 1.29 is 19.4 Å². The first-order chi connectivity index (χ1) is 11.6. The summed E-state index contributed by atoms with van der Waals surface area (Å²) in [4.78, 5) is 13.5. The lowest BCUT2D eigenvalue weighted by Gasteiger charge is -2.30. The van der Waals surface area contributed by atoms with Gasteiger partial charge in [0.25, 0.3) is 0 Å². The van der Waals surface area contributed by atoms with E-state index in [0.717, 1.165) is 55.8 Å². The molecular weight excluding hydrogens is 306 g/mol. The van der Waals surface area contributed by atoms with Crippen molar-refractivity contribution in [2.24, 2.45) is 5.92 Å². The maximum Gasteiger partial charge on any atom is 0.303 e. The largest absolute Gasteiger partial charge is 0.493 e. The molecule has 1 aliphatic carbocycles. The van der Waals surface area contributed by atoms with E-state index >= 15 is 0 Å². The highest BCUT2D eigenvalue weighted by atomic mass is 16.5. The number of carboxylic acids is 1. The third-order valence-electron chi connectivity index (χ3n) is 5.08. The molecule has 24 heavy (non-hydrogen) atoms. The molecule has 0 radical (unpaired) electrons. The van der Waals surface area contributed by atoms with Crippen molar-refractivity contribution >= 4 is 5.97 Å². The van der Waals surface area contributed by atoms with E-state index in [1.54, 1.807) is 7.11 Å². The van der Waals surface area contributed by atoms with Crippen molar-refractivity contribution in [2.45, 2.75) is 44.1 Å². The Balaban J connectivity index is 1.80. The monoisotopic (exact) mass is 333 g/mol. The molecule has 2 aliphatic rings. The van der Waals surface area contributed by atoms with Crippen LogP contribution in [0.3, 0.4) is 0 Å². The van der Waals surface area contributed by atoms with Crippen molar-refractivity contribution in [3.05, 3.63) is 23.8 Å². The summed E-state index contributed by atoms with van der Waals surface area (Å²) in [6.45, 7) is 2.02. The number of methoxy groups -OCH3 is 1. The number of aliphatic carboxylic acids is 1. The van der Waals surface area contributed by atoms with Crippen LogP contribution in [0, 0.1) is 5.92 Å². The molecule has 1 aromatic carbocycles. The molecule has 1 aromatic rings. The highest BCUT2D eigenvalue weighted by Gasteiger charge is 2.34. The van der Waals surface area contributed by atoms with Crippen LogP contribution in [-0.2, 0) is 4.79 Å². The van der Waals surface area contributed by atoms with Gasteiger partial charge in [-0.2, -0.15) is 0 Å². The van der Waals surface area contributed by atoms with Gasteiger partial charge in [0.15, 0.2) is 11.5 Å². The van der Waals surface area contributed by atoms with Gasteiger partial charge in [-0.15, -0.1) is 0 Å². The molecular formula is C19H27NO4. The van der Waals surface area contributed by atoms with E-state index in [4.69, 9.17) is 9.47 Å². The first-order valence-electron chi connectivity index (χ1n) is 8.81. The topological polar surface area (TPSA) is 59.0 Å². The number of hydrogen-bond donors (Lipinski definition) is 1. The summed E-state index contributed by atoms with van der Waals surface area (Å²) in [6.07, 6.45) is 4.75. The van der Waals surface area contributed by atoms with Crippen molar-refractivity contribution in [3.8, 4) is 11.5 Å². The fourth-order valence-electron chi connectivity index (χ4n) is 3.65. The smallest absolute Gasteiger partial charge is 0.303 e. The number of likely N-dealkylation sites (N-methyl/N-ethyl adjacent to an activating group) is 1. The fourth-order valence-corrected chi connectivity index (χ4v) is 3.65. The molecule has 0 bridgehead atoms. The second-order valence-corrected chi connectivity index (χ2v) is 7.10. The summed E-state index contributed by atoms with van der Waals surface area (Å²) in [6, 6.07) is 5.90. The molecule has 5 heteroatoms. The number of rotatable bonds is 7. The van der Waals surface area contributed by atoms with Crippen molar-refractivity contribution in [3.63, 3.8) is 0 Å². The third kappa shape index (κ3) is 4.20. The van der Waals surface area contributed by atoms with Crippen LogP contribution in [0.25, 0.3) is 0 Å². The molecule has 2 unspecified atom stereocenters. The van der Waals surface area contributed by atoms with Crippen LogP contribution in [0.2, 0.25) is 0 Å². The van der Waals surface area contributed by atoms with E-state index in [2.05, 4.69) is 11.9 Å². The Hall–Kier alpha value is -1.75. The normalized spacial score (nSPS) is 22.8. The zero-order valence-electron chi connectivity index (χ0n) is 14.5. The van der Waals surface area contributed by atoms with Gasteiger partial charge in [0, 0.05) is 6.54 Å². The summed E-state index contributed by atoms with van der Waals surface area (Å²) < 4.78 is 11.7. The van der Waals surface area contributed by atoms with Gasteiger partial charge < -0.3 is 19.5 Å². The molecule has 1 heterocycles. The zero-order valence-corrected chi connectivity index (χ0v) is 14.5. The Morgan fingerprint density at radius 1 is 1.33 bits per heavy atom. The highest BCUT2D eigenvalue weighted by molar-refractivity contribution is 5.68. The molecule has 0 spiro atoms. The summed E-state index contributed by atoms with van der Waals surface area (Å²) >= 11 is 0. The Labute approximate surface area is 143 Å². The van der Waals surface area contributed by atoms with E-state index in [0.29, 0.717) is 5.92 Å². The van der Waals surface area contributed by atoms with Crippen molar-refractivity contribution in [1.29, 1.82) is 0 Å². The van der Waals surface area contributed by atoms with Crippen LogP contribution in [-0.4, -0.2) is 49.3 Å². The first kappa shape index (κ1) is 17.1. The number of likely N-dealkylation sites (tertiary alicyclic amines) is 1. The molecule has 2 fully saturated rings. The zero-order chi connectivity index (χ0) is 17.1.